The fourth-order valence-electron chi connectivity index (χ4n) is 1.90. The highest BCUT2D eigenvalue weighted by Gasteiger charge is 2.24. The topological polar surface area (TPSA) is 67.6 Å². The molecule has 1 amide bonds. The summed E-state index contributed by atoms with van der Waals surface area (Å²) in [5.74, 6) is 0.476. The second-order valence-electron chi connectivity index (χ2n) is 4.12. The number of hydrogen-bond donors (Lipinski definition) is 2. The zero-order chi connectivity index (χ0) is 14.4. The minimum absolute atomic E-state index is 0.137. The minimum atomic E-state index is -0.137. The van der Waals surface area contributed by atoms with E-state index in [2.05, 4.69) is 24.1 Å². The summed E-state index contributed by atoms with van der Waals surface area (Å²) in [6, 6.07) is 0. The van der Waals surface area contributed by atoms with Gasteiger partial charge in [0, 0.05) is 19.6 Å². The first-order chi connectivity index (χ1) is 9.10. The third-order valence-electron chi connectivity index (χ3n) is 2.79. The monoisotopic (exact) mass is 285 g/mol. The fourth-order valence-corrected chi connectivity index (χ4v) is 3.10. The molecule has 0 atom stereocenters. The standard InChI is InChI=1S/C13H23N3O2S/c1-5-8-16(7-3)13-10(18-4)9(14)11(19-13)12(17)15-6-2/h5-8,14H2,1-4H3,(H,15,17). The van der Waals surface area contributed by atoms with Gasteiger partial charge in [-0.05, 0) is 20.3 Å². The van der Waals surface area contributed by atoms with Crippen molar-refractivity contribution in [2.75, 3.05) is 37.4 Å². The Morgan fingerprint density at radius 2 is 2.11 bits per heavy atom. The summed E-state index contributed by atoms with van der Waals surface area (Å²) in [5.41, 5.74) is 6.47. The van der Waals surface area contributed by atoms with Crippen LogP contribution in [0.5, 0.6) is 5.75 Å². The molecule has 0 aliphatic rings. The minimum Gasteiger partial charge on any atom is -0.492 e. The van der Waals surface area contributed by atoms with E-state index in [9.17, 15) is 4.79 Å². The normalized spacial score (nSPS) is 10.3. The first-order valence-corrected chi connectivity index (χ1v) is 7.41. The van der Waals surface area contributed by atoms with E-state index < -0.39 is 0 Å². The number of nitrogen functional groups attached to an aromatic ring is 1. The Balaban J connectivity index is 3.17. The lowest BCUT2D eigenvalue weighted by molar-refractivity contribution is 0.0960. The third kappa shape index (κ3) is 3.32. The zero-order valence-corrected chi connectivity index (χ0v) is 12.9. The SMILES string of the molecule is CCCN(CC)c1sc(C(=O)NCC)c(N)c1OC. The maximum Gasteiger partial charge on any atom is 0.263 e. The van der Waals surface area contributed by atoms with Crippen molar-refractivity contribution in [2.45, 2.75) is 27.2 Å². The largest absolute Gasteiger partial charge is 0.492 e. The molecule has 0 saturated carbocycles. The van der Waals surface area contributed by atoms with Crippen LogP contribution in [0.15, 0.2) is 0 Å². The number of rotatable bonds is 7. The van der Waals surface area contributed by atoms with Crippen LogP contribution in [-0.4, -0.2) is 32.7 Å². The summed E-state index contributed by atoms with van der Waals surface area (Å²) in [5, 5.41) is 3.71. The number of amides is 1. The first kappa shape index (κ1) is 15.6. The highest BCUT2D eigenvalue weighted by Crippen LogP contribution is 2.44. The summed E-state index contributed by atoms with van der Waals surface area (Å²) in [6.45, 7) is 8.45. The van der Waals surface area contributed by atoms with E-state index in [1.165, 1.54) is 11.3 Å². The van der Waals surface area contributed by atoms with Crippen LogP contribution in [-0.2, 0) is 0 Å². The Hall–Kier alpha value is -1.43. The molecule has 3 N–H and O–H groups in total. The van der Waals surface area contributed by atoms with Crippen molar-refractivity contribution in [3.8, 4) is 5.75 Å². The lowest BCUT2D eigenvalue weighted by atomic mass is 10.3. The number of nitrogens with two attached hydrogens (primary N) is 1. The molecule has 0 aromatic carbocycles. The number of hydrogen-bond acceptors (Lipinski definition) is 5. The molecule has 6 heteroatoms. The van der Waals surface area contributed by atoms with Gasteiger partial charge in [0.2, 0.25) is 0 Å². The predicted octanol–water partition coefficient (Wildman–Crippen LogP) is 2.32. The quantitative estimate of drug-likeness (QED) is 0.807. The highest BCUT2D eigenvalue weighted by atomic mass is 32.1. The number of methoxy groups -OCH3 is 1. The number of carbonyl (C=O) groups excluding carboxylic acids is 1. The van der Waals surface area contributed by atoms with Gasteiger partial charge in [-0.1, -0.05) is 6.92 Å². The highest BCUT2D eigenvalue weighted by molar-refractivity contribution is 7.19. The molecule has 0 fully saturated rings. The van der Waals surface area contributed by atoms with Crippen LogP contribution in [0.25, 0.3) is 0 Å². The second-order valence-corrected chi connectivity index (χ2v) is 5.12. The van der Waals surface area contributed by atoms with Crippen LogP contribution < -0.4 is 20.7 Å². The van der Waals surface area contributed by atoms with Crippen LogP contribution in [0, 0.1) is 0 Å². The van der Waals surface area contributed by atoms with E-state index in [-0.39, 0.29) is 5.91 Å². The number of thiophene rings is 1. The maximum absolute atomic E-state index is 12.0. The van der Waals surface area contributed by atoms with E-state index in [0.717, 1.165) is 24.5 Å². The fraction of sp³-hybridized carbons (Fsp3) is 0.615. The van der Waals surface area contributed by atoms with Crippen molar-refractivity contribution in [2.24, 2.45) is 0 Å². The number of carbonyl (C=O) groups is 1. The van der Waals surface area contributed by atoms with E-state index in [1.54, 1.807) is 7.11 Å². The molecular weight excluding hydrogens is 262 g/mol. The van der Waals surface area contributed by atoms with Crippen molar-refractivity contribution >= 4 is 27.9 Å². The summed E-state index contributed by atoms with van der Waals surface area (Å²) in [7, 11) is 1.59. The molecule has 0 aliphatic carbocycles. The molecule has 0 saturated heterocycles. The lowest BCUT2D eigenvalue weighted by Crippen LogP contribution is -2.23. The Morgan fingerprint density at radius 1 is 1.42 bits per heavy atom. The summed E-state index contributed by atoms with van der Waals surface area (Å²) >= 11 is 1.40. The molecule has 0 unspecified atom stereocenters. The average Bonchev–Trinajstić information content (AvgIpc) is 2.73. The van der Waals surface area contributed by atoms with Gasteiger partial charge < -0.3 is 20.7 Å². The van der Waals surface area contributed by atoms with Crippen LogP contribution in [0.2, 0.25) is 0 Å². The van der Waals surface area contributed by atoms with Gasteiger partial charge in [0.1, 0.15) is 15.6 Å². The van der Waals surface area contributed by atoms with E-state index >= 15 is 0 Å². The molecule has 1 rings (SSSR count). The van der Waals surface area contributed by atoms with Crippen LogP contribution in [0.4, 0.5) is 10.7 Å². The van der Waals surface area contributed by atoms with Gasteiger partial charge in [-0.2, -0.15) is 0 Å². The molecule has 5 nitrogen and oxygen atoms in total. The van der Waals surface area contributed by atoms with E-state index in [0.29, 0.717) is 22.9 Å². The number of nitrogens with one attached hydrogen (secondary N) is 1. The van der Waals surface area contributed by atoms with Gasteiger partial charge in [0.25, 0.3) is 5.91 Å². The molecule has 1 aromatic rings. The van der Waals surface area contributed by atoms with Gasteiger partial charge in [-0.25, -0.2) is 0 Å². The summed E-state index contributed by atoms with van der Waals surface area (Å²) in [6.07, 6.45) is 1.03. The van der Waals surface area contributed by atoms with Crippen molar-refractivity contribution in [3.05, 3.63) is 4.88 Å². The Morgan fingerprint density at radius 3 is 2.58 bits per heavy atom. The van der Waals surface area contributed by atoms with Crippen LogP contribution in [0.3, 0.4) is 0 Å². The van der Waals surface area contributed by atoms with Gasteiger partial charge in [-0.15, -0.1) is 11.3 Å². The summed E-state index contributed by atoms with van der Waals surface area (Å²) < 4.78 is 5.38. The van der Waals surface area contributed by atoms with Crippen LogP contribution >= 0.6 is 11.3 Å². The van der Waals surface area contributed by atoms with Crippen LogP contribution in [0.1, 0.15) is 36.9 Å². The van der Waals surface area contributed by atoms with E-state index in [4.69, 9.17) is 10.5 Å². The molecule has 1 aromatic heterocycles. The smallest absolute Gasteiger partial charge is 0.263 e. The second kappa shape index (κ2) is 7.23. The molecule has 0 bridgehead atoms. The molecular formula is C13H23N3O2S. The van der Waals surface area contributed by atoms with Gasteiger partial charge >= 0.3 is 0 Å². The Labute approximate surface area is 118 Å². The Bertz CT molecular complexity index is 432. The average molecular weight is 285 g/mol. The van der Waals surface area contributed by atoms with E-state index in [1.807, 2.05) is 6.92 Å². The van der Waals surface area contributed by atoms with Gasteiger partial charge in [0.15, 0.2) is 5.75 Å². The number of nitrogens with zero attached hydrogens (tertiary/aromatic N) is 1. The number of anilines is 2. The van der Waals surface area contributed by atoms with Crippen molar-refractivity contribution in [1.82, 2.24) is 5.32 Å². The zero-order valence-electron chi connectivity index (χ0n) is 12.1. The maximum atomic E-state index is 12.0. The third-order valence-corrected chi connectivity index (χ3v) is 4.04. The summed E-state index contributed by atoms with van der Waals surface area (Å²) in [4.78, 5) is 14.7. The predicted molar refractivity (Wildman–Crippen MR) is 81.5 cm³/mol. The van der Waals surface area contributed by atoms with Crippen molar-refractivity contribution < 1.29 is 9.53 Å². The van der Waals surface area contributed by atoms with Gasteiger partial charge in [0.05, 0.1) is 7.11 Å². The van der Waals surface area contributed by atoms with Crippen molar-refractivity contribution in [3.63, 3.8) is 0 Å². The number of ether oxygens (including phenoxy) is 1. The van der Waals surface area contributed by atoms with Crippen molar-refractivity contribution in [1.29, 1.82) is 0 Å². The lowest BCUT2D eigenvalue weighted by Gasteiger charge is -2.21. The molecule has 108 valence electrons. The molecule has 0 spiro atoms. The first-order valence-electron chi connectivity index (χ1n) is 6.59. The molecule has 19 heavy (non-hydrogen) atoms. The molecule has 0 aliphatic heterocycles. The van der Waals surface area contributed by atoms with Gasteiger partial charge in [-0.3, -0.25) is 4.79 Å². The molecule has 1 heterocycles. The Kier molecular flexibility index (Phi) is 5.95. The molecule has 0 radical (unpaired) electrons.